The van der Waals surface area contributed by atoms with Crippen LogP contribution in [0.3, 0.4) is 0 Å². The highest BCUT2D eigenvalue weighted by Crippen LogP contribution is 2.64. The van der Waals surface area contributed by atoms with Gasteiger partial charge in [0.15, 0.2) is 28.8 Å². The highest BCUT2D eigenvalue weighted by atomic mass is 16.5. The molecule has 1 fully saturated rings. The van der Waals surface area contributed by atoms with E-state index in [9.17, 15) is 0 Å². The van der Waals surface area contributed by atoms with E-state index in [1.165, 1.54) is 0 Å². The van der Waals surface area contributed by atoms with E-state index in [2.05, 4.69) is 11.0 Å². The number of ketones is 1. The third kappa shape index (κ3) is 5.54. The molecule has 4 aliphatic rings. The summed E-state index contributed by atoms with van der Waals surface area (Å²) in [6, 6.07) is 15.9. The van der Waals surface area contributed by atoms with Crippen molar-refractivity contribution in [1.82, 2.24) is 4.90 Å². The predicted octanol–water partition coefficient (Wildman–Crippen LogP) is 6.40. The Morgan fingerprint density at radius 1 is 0.827 bits per heavy atom. The maximum Gasteiger partial charge on any atom is 0.227 e. The molecule has 52 heavy (non-hydrogen) atoms. The molecule has 1 aliphatic heterocycles. The zero-order valence-electron chi connectivity index (χ0n) is 30.9. The molecule has 4 unspecified atom stereocenters. The van der Waals surface area contributed by atoms with Crippen LogP contribution in [0.1, 0.15) is 60.8 Å². The van der Waals surface area contributed by atoms with E-state index in [-0.39, 0.29) is 18.1 Å². The fraction of sp³-hybridized carbons (Fsp3) is 0.429. The van der Waals surface area contributed by atoms with Crippen molar-refractivity contribution in [2.75, 3.05) is 72.7 Å². The highest BCUT2D eigenvalue weighted by Gasteiger charge is 2.59. The summed E-state index contributed by atoms with van der Waals surface area (Å²) in [5.74, 6) is 2.24. The molecule has 1 heterocycles. The molecule has 0 radical (unpaired) electrons. The second kappa shape index (κ2) is 14.5. The van der Waals surface area contributed by atoms with Crippen LogP contribution >= 0.6 is 0 Å². The lowest BCUT2D eigenvalue weighted by Crippen LogP contribution is -2.52. The zero-order chi connectivity index (χ0) is 36.6. The van der Waals surface area contributed by atoms with Gasteiger partial charge >= 0.3 is 0 Å². The average Bonchev–Trinajstić information content (AvgIpc) is 3.47. The monoisotopic (exact) mass is 708 g/mol. The molecule has 4 atom stereocenters. The number of nitrogens with zero attached hydrogens (tertiary/aromatic N) is 2. The number of para-hydroxylation sites is 2. The average molecular weight is 709 g/mol. The van der Waals surface area contributed by atoms with Crippen LogP contribution in [0, 0.1) is 5.92 Å². The van der Waals surface area contributed by atoms with Gasteiger partial charge in [-0.15, -0.1) is 0 Å². The first-order chi connectivity index (χ1) is 25.4. The first-order valence-corrected chi connectivity index (χ1v) is 18.2. The normalized spacial score (nSPS) is 23.2. The van der Waals surface area contributed by atoms with Crippen LogP contribution in [0.25, 0.3) is 0 Å². The smallest absolute Gasteiger partial charge is 0.227 e. The maximum absolute atomic E-state index is 15.2. The van der Waals surface area contributed by atoms with Gasteiger partial charge in [-0.2, -0.15) is 0 Å². The summed E-state index contributed by atoms with van der Waals surface area (Å²) in [7, 11) is 6.44. The quantitative estimate of drug-likeness (QED) is 0.224. The lowest BCUT2D eigenvalue weighted by atomic mass is 9.64. The summed E-state index contributed by atoms with van der Waals surface area (Å²) >= 11 is 0. The Kier molecular flexibility index (Phi) is 9.83. The largest absolute Gasteiger partial charge is 0.497 e. The molecule has 0 aromatic heterocycles. The number of Topliss-reactive ketones (excluding diaryl/α,β-unsaturated/α-hetero) is 1. The van der Waals surface area contributed by atoms with Crippen molar-refractivity contribution in [2.24, 2.45) is 5.92 Å². The summed E-state index contributed by atoms with van der Waals surface area (Å²) < 4.78 is 35.8. The Hall–Kier alpha value is -5.12. The number of allylic oxidation sites excluding steroid dienone is 4. The van der Waals surface area contributed by atoms with E-state index in [1.54, 1.807) is 28.4 Å². The number of benzene rings is 3. The number of carbonyl (C=O) groups is 2. The fourth-order valence-corrected chi connectivity index (χ4v) is 9.01. The van der Waals surface area contributed by atoms with Gasteiger partial charge < -0.3 is 38.2 Å². The van der Waals surface area contributed by atoms with Crippen LogP contribution in [0.15, 0.2) is 72.5 Å². The van der Waals surface area contributed by atoms with Crippen molar-refractivity contribution in [1.29, 1.82) is 0 Å². The molecule has 3 aliphatic carbocycles. The van der Waals surface area contributed by atoms with E-state index in [0.717, 1.165) is 28.1 Å². The van der Waals surface area contributed by atoms with E-state index in [4.69, 9.17) is 28.4 Å². The number of hydrogen-bond donors (Lipinski definition) is 0. The minimum absolute atomic E-state index is 0.00487. The lowest BCUT2D eigenvalue weighted by molar-refractivity contribution is -0.137. The van der Waals surface area contributed by atoms with Crippen LogP contribution < -0.4 is 28.6 Å². The van der Waals surface area contributed by atoms with Gasteiger partial charge in [-0.3, -0.25) is 9.59 Å². The minimum atomic E-state index is -1.15. The summed E-state index contributed by atoms with van der Waals surface area (Å²) in [5.41, 5.74) is 3.35. The standard InChI is InChI=1S/C42H48N2O8/c1-7-51-30-14-10-9-13-29(30)43-19-21-44(22-20-43)41(46)38-28-25-34(45)42(18-12-11-15-35(42)52-8-2)39-37(27(28)24-33(49-5)40(39)50-6)36(38)26-16-17-31(47-3)32(23-26)48-4/h9-17,23-24,28,36,38H,7-8,18-22,25H2,1-6H3. The van der Waals surface area contributed by atoms with Gasteiger partial charge in [-0.1, -0.05) is 30.4 Å². The van der Waals surface area contributed by atoms with E-state index >= 15 is 9.59 Å². The Labute approximate surface area is 305 Å². The number of hydrogen-bond acceptors (Lipinski definition) is 9. The van der Waals surface area contributed by atoms with Gasteiger partial charge in [0.05, 0.1) is 53.3 Å². The number of fused-ring (bicyclic) bond motifs is 1. The van der Waals surface area contributed by atoms with E-state index < -0.39 is 23.2 Å². The Morgan fingerprint density at radius 3 is 2.25 bits per heavy atom. The van der Waals surface area contributed by atoms with Gasteiger partial charge in [0.1, 0.15) is 16.9 Å². The SMILES string of the molecule is CCOC1=CC=CCC12C(=O)CC1c3cc(OC)c(OC)c2c3C(c2ccc(OC)c(OC)c2)C1C(=O)N1CCN(c2ccccc2OCC)CC1. The summed E-state index contributed by atoms with van der Waals surface area (Å²) in [5, 5.41) is 0. The van der Waals surface area contributed by atoms with Crippen LogP contribution in [-0.2, 0) is 19.7 Å². The molecule has 3 aromatic carbocycles. The van der Waals surface area contributed by atoms with Crippen molar-refractivity contribution in [3.63, 3.8) is 0 Å². The molecule has 1 spiro atoms. The van der Waals surface area contributed by atoms with Gasteiger partial charge in [0.25, 0.3) is 0 Å². The molecular weight excluding hydrogens is 660 g/mol. The number of piperazine rings is 1. The second-order valence-corrected chi connectivity index (χ2v) is 13.6. The summed E-state index contributed by atoms with van der Waals surface area (Å²) in [4.78, 5) is 34.5. The molecule has 0 saturated carbocycles. The Bertz CT molecular complexity index is 1910. The molecule has 1 saturated heterocycles. The molecular formula is C42H48N2O8. The van der Waals surface area contributed by atoms with Crippen molar-refractivity contribution >= 4 is 17.4 Å². The van der Waals surface area contributed by atoms with Crippen molar-refractivity contribution in [3.8, 4) is 28.7 Å². The van der Waals surface area contributed by atoms with Gasteiger partial charge in [0, 0.05) is 50.0 Å². The van der Waals surface area contributed by atoms with Crippen LogP contribution in [0.2, 0.25) is 0 Å². The third-order valence-electron chi connectivity index (χ3n) is 11.2. The topological polar surface area (TPSA) is 96.0 Å². The minimum Gasteiger partial charge on any atom is -0.497 e. The predicted molar refractivity (Wildman–Crippen MR) is 198 cm³/mol. The number of amides is 1. The van der Waals surface area contributed by atoms with Gasteiger partial charge in [-0.25, -0.2) is 0 Å². The number of carbonyl (C=O) groups excluding carboxylic acids is 2. The molecule has 1 amide bonds. The first kappa shape index (κ1) is 35.3. The number of anilines is 1. The molecule has 3 aromatic rings. The number of rotatable bonds is 11. The fourth-order valence-electron chi connectivity index (χ4n) is 9.01. The highest BCUT2D eigenvalue weighted by molar-refractivity contribution is 5.99. The van der Waals surface area contributed by atoms with Gasteiger partial charge in [0.2, 0.25) is 5.91 Å². The molecule has 0 N–H and O–H groups in total. The van der Waals surface area contributed by atoms with Crippen molar-refractivity contribution < 1.29 is 38.0 Å². The van der Waals surface area contributed by atoms with Crippen molar-refractivity contribution in [2.45, 2.75) is 43.9 Å². The number of methoxy groups -OCH3 is 4. The van der Waals surface area contributed by atoms with Crippen LogP contribution in [-0.4, -0.2) is 84.4 Å². The van der Waals surface area contributed by atoms with E-state index in [1.807, 2.05) is 79.4 Å². The third-order valence-corrected chi connectivity index (χ3v) is 11.2. The molecule has 10 nitrogen and oxygen atoms in total. The molecule has 10 heteroatoms. The summed E-state index contributed by atoms with van der Waals surface area (Å²) in [6.45, 7) is 7.27. The molecule has 7 rings (SSSR count). The van der Waals surface area contributed by atoms with E-state index in [0.29, 0.717) is 80.1 Å². The first-order valence-electron chi connectivity index (χ1n) is 18.2. The Morgan fingerprint density at radius 2 is 1.56 bits per heavy atom. The van der Waals surface area contributed by atoms with Crippen LogP contribution in [0.5, 0.6) is 28.7 Å². The molecule has 274 valence electrons. The Balaban J connectivity index is 1.38. The maximum atomic E-state index is 15.2. The molecule has 4 bridgehead atoms. The zero-order valence-corrected chi connectivity index (χ0v) is 30.9. The van der Waals surface area contributed by atoms with Crippen molar-refractivity contribution in [3.05, 3.63) is 94.8 Å². The van der Waals surface area contributed by atoms with Gasteiger partial charge in [-0.05, 0) is 73.4 Å². The second-order valence-electron chi connectivity index (χ2n) is 13.6. The number of ether oxygens (including phenoxy) is 6. The lowest BCUT2D eigenvalue weighted by Gasteiger charge is -2.42. The summed E-state index contributed by atoms with van der Waals surface area (Å²) in [6.07, 6.45) is 6.42. The van der Waals surface area contributed by atoms with Crippen LogP contribution in [0.4, 0.5) is 5.69 Å².